The van der Waals surface area contributed by atoms with Gasteiger partial charge < -0.3 is 5.11 Å². The highest BCUT2D eigenvalue weighted by molar-refractivity contribution is 5.11. The Hall–Kier alpha value is -0.0400. The van der Waals surface area contributed by atoms with Crippen molar-refractivity contribution in [1.29, 1.82) is 0 Å². The molecule has 3 fully saturated rings. The highest BCUT2D eigenvalue weighted by Crippen LogP contribution is 2.67. The Morgan fingerprint density at radius 1 is 1.18 bits per heavy atom. The Kier molecular flexibility index (Phi) is 1.07. The van der Waals surface area contributed by atoms with Crippen LogP contribution in [-0.2, 0) is 0 Å². The molecule has 3 aliphatic carbocycles. The lowest BCUT2D eigenvalue weighted by Crippen LogP contribution is -2.60. The van der Waals surface area contributed by atoms with Gasteiger partial charge in [0.15, 0.2) is 0 Å². The van der Waals surface area contributed by atoms with Crippen LogP contribution in [0.4, 0.5) is 0 Å². The largest absolute Gasteiger partial charge is 0.393 e. The van der Waals surface area contributed by atoms with Gasteiger partial charge >= 0.3 is 0 Å². The molecule has 3 rings (SSSR count). The summed E-state index contributed by atoms with van der Waals surface area (Å²) in [6, 6.07) is 0. The lowest BCUT2D eigenvalue weighted by atomic mass is 9.43. The number of aliphatic hydroxyl groups excluding tert-OH is 1. The second kappa shape index (κ2) is 1.82. The standard InChI is InChI=1S/C10H16O/c11-9-5-8-7(9)6-10(8)3-1-2-4-10/h7-9,11H,1-6H2/t7?,8-,9?/m0/s1. The first-order valence-corrected chi connectivity index (χ1v) is 5.00. The molecule has 0 radical (unpaired) electrons. The Labute approximate surface area is 67.8 Å². The van der Waals surface area contributed by atoms with Crippen LogP contribution in [0.15, 0.2) is 0 Å². The van der Waals surface area contributed by atoms with Gasteiger partial charge in [-0.2, -0.15) is 0 Å². The van der Waals surface area contributed by atoms with E-state index in [2.05, 4.69) is 0 Å². The summed E-state index contributed by atoms with van der Waals surface area (Å²) >= 11 is 0. The van der Waals surface area contributed by atoms with E-state index in [9.17, 15) is 5.11 Å². The maximum absolute atomic E-state index is 9.38. The van der Waals surface area contributed by atoms with Crippen LogP contribution < -0.4 is 0 Å². The van der Waals surface area contributed by atoms with E-state index in [0.717, 1.165) is 23.7 Å². The molecule has 0 bridgehead atoms. The zero-order valence-electron chi connectivity index (χ0n) is 6.92. The third-order valence-electron chi connectivity index (χ3n) is 4.53. The van der Waals surface area contributed by atoms with E-state index in [4.69, 9.17) is 0 Å². The van der Waals surface area contributed by atoms with Crippen molar-refractivity contribution in [2.45, 2.75) is 44.6 Å². The molecular weight excluding hydrogens is 136 g/mol. The molecule has 3 aliphatic rings. The first-order valence-electron chi connectivity index (χ1n) is 5.00. The van der Waals surface area contributed by atoms with Gasteiger partial charge in [0, 0.05) is 0 Å². The van der Waals surface area contributed by atoms with Gasteiger partial charge in [0.05, 0.1) is 6.10 Å². The summed E-state index contributed by atoms with van der Waals surface area (Å²) < 4.78 is 0. The van der Waals surface area contributed by atoms with E-state index in [1.807, 2.05) is 0 Å². The minimum atomic E-state index is 0.0891. The Morgan fingerprint density at radius 2 is 1.91 bits per heavy atom. The van der Waals surface area contributed by atoms with Crippen LogP contribution in [0, 0.1) is 17.3 Å². The minimum Gasteiger partial charge on any atom is -0.393 e. The zero-order chi connectivity index (χ0) is 7.47. The van der Waals surface area contributed by atoms with Gasteiger partial charge in [0.1, 0.15) is 0 Å². The summed E-state index contributed by atoms with van der Waals surface area (Å²) in [6.45, 7) is 0. The molecule has 0 aromatic carbocycles. The highest BCUT2D eigenvalue weighted by Gasteiger charge is 2.62. The first kappa shape index (κ1) is 6.47. The summed E-state index contributed by atoms with van der Waals surface area (Å²) in [4.78, 5) is 0. The lowest BCUT2D eigenvalue weighted by Gasteiger charge is -2.63. The molecule has 1 N–H and O–H groups in total. The van der Waals surface area contributed by atoms with Crippen LogP contribution in [0.1, 0.15) is 38.5 Å². The summed E-state index contributed by atoms with van der Waals surface area (Å²) in [5.74, 6) is 1.67. The van der Waals surface area contributed by atoms with Gasteiger partial charge in [-0.15, -0.1) is 0 Å². The molecule has 0 amide bonds. The number of hydrogen-bond donors (Lipinski definition) is 1. The fourth-order valence-electron chi connectivity index (χ4n) is 3.78. The minimum absolute atomic E-state index is 0.0891. The maximum atomic E-state index is 9.38. The molecule has 0 aromatic heterocycles. The van der Waals surface area contributed by atoms with Crippen LogP contribution >= 0.6 is 0 Å². The molecule has 3 atom stereocenters. The second-order valence-corrected chi connectivity index (χ2v) is 4.85. The summed E-state index contributed by atoms with van der Waals surface area (Å²) in [5, 5.41) is 9.38. The molecule has 1 nitrogen and oxygen atoms in total. The quantitative estimate of drug-likeness (QED) is 0.562. The second-order valence-electron chi connectivity index (χ2n) is 4.85. The van der Waals surface area contributed by atoms with Crippen molar-refractivity contribution in [3.63, 3.8) is 0 Å². The lowest BCUT2D eigenvalue weighted by molar-refractivity contribution is -0.192. The molecule has 1 spiro atoms. The number of hydrogen-bond acceptors (Lipinski definition) is 1. The Balaban J connectivity index is 1.76. The average molecular weight is 152 g/mol. The third-order valence-corrected chi connectivity index (χ3v) is 4.53. The van der Waals surface area contributed by atoms with Crippen LogP contribution in [0.25, 0.3) is 0 Å². The van der Waals surface area contributed by atoms with Crippen molar-refractivity contribution in [1.82, 2.24) is 0 Å². The van der Waals surface area contributed by atoms with Gasteiger partial charge in [0.25, 0.3) is 0 Å². The molecule has 62 valence electrons. The van der Waals surface area contributed by atoms with Crippen molar-refractivity contribution in [2.24, 2.45) is 17.3 Å². The fourth-order valence-corrected chi connectivity index (χ4v) is 3.78. The molecule has 2 unspecified atom stereocenters. The van der Waals surface area contributed by atoms with Crippen molar-refractivity contribution >= 4 is 0 Å². The van der Waals surface area contributed by atoms with Crippen LogP contribution in [0.3, 0.4) is 0 Å². The molecule has 0 saturated heterocycles. The molecule has 11 heavy (non-hydrogen) atoms. The van der Waals surface area contributed by atoms with E-state index in [1.165, 1.54) is 32.1 Å². The summed E-state index contributed by atoms with van der Waals surface area (Å²) in [5.41, 5.74) is 0.754. The van der Waals surface area contributed by atoms with E-state index in [1.54, 1.807) is 0 Å². The monoisotopic (exact) mass is 152 g/mol. The van der Waals surface area contributed by atoms with E-state index >= 15 is 0 Å². The molecule has 1 heteroatoms. The van der Waals surface area contributed by atoms with Gasteiger partial charge in [-0.25, -0.2) is 0 Å². The van der Waals surface area contributed by atoms with Crippen molar-refractivity contribution in [2.75, 3.05) is 0 Å². The van der Waals surface area contributed by atoms with Crippen LogP contribution in [0.2, 0.25) is 0 Å². The maximum Gasteiger partial charge on any atom is 0.0574 e. The molecule has 0 aliphatic heterocycles. The average Bonchev–Trinajstić information content (AvgIpc) is 2.46. The summed E-state index contributed by atoms with van der Waals surface area (Å²) in [7, 11) is 0. The Morgan fingerprint density at radius 3 is 2.36 bits per heavy atom. The van der Waals surface area contributed by atoms with Crippen molar-refractivity contribution < 1.29 is 5.11 Å². The van der Waals surface area contributed by atoms with Gasteiger partial charge in [-0.05, 0) is 42.9 Å². The molecule has 0 heterocycles. The van der Waals surface area contributed by atoms with E-state index in [-0.39, 0.29) is 6.10 Å². The highest BCUT2D eigenvalue weighted by atomic mass is 16.3. The first-order chi connectivity index (χ1) is 5.32. The van der Waals surface area contributed by atoms with Crippen molar-refractivity contribution in [3.8, 4) is 0 Å². The predicted molar refractivity (Wildman–Crippen MR) is 43.1 cm³/mol. The molecule has 0 aromatic rings. The summed E-state index contributed by atoms with van der Waals surface area (Å²) in [6.07, 6.45) is 8.44. The van der Waals surface area contributed by atoms with Crippen LogP contribution in [0.5, 0.6) is 0 Å². The Bertz CT molecular complexity index is 181. The smallest absolute Gasteiger partial charge is 0.0574 e. The van der Waals surface area contributed by atoms with Gasteiger partial charge in [0.2, 0.25) is 0 Å². The number of fused-ring (bicyclic) bond motifs is 2. The van der Waals surface area contributed by atoms with Gasteiger partial charge in [-0.3, -0.25) is 0 Å². The van der Waals surface area contributed by atoms with E-state index < -0.39 is 0 Å². The fraction of sp³-hybridized carbons (Fsp3) is 1.00. The molecular formula is C10H16O. The zero-order valence-corrected chi connectivity index (χ0v) is 6.92. The molecule has 3 saturated carbocycles. The van der Waals surface area contributed by atoms with Crippen LogP contribution in [-0.4, -0.2) is 11.2 Å². The normalized spacial score (nSPS) is 51.5. The van der Waals surface area contributed by atoms with Crippen molar-refractivity contribution in [3.05, 3.63) is 0 Å². The SMILES string of the molecule is OC1C[C@H]2C1CC21CCCC1. The predicted octanol–water partition coefficient (Wildman–Crippen LogP) is 1.95. The third kappa shape index (κ3) is 0.618. The number of rotatable bonds is 0. The van der Waals surface area contributed by atoms with E-state index in [0.29, 0.717) is 0 Å². The topological polar surface area (TPSA) is 20.2 Å². The van der Waals surface area contributed by atoms with Gasteiger partial charge in [-0.1, -0.05) is 12.8 Å². The number of aliphatic hydroxyl groups is 1.